The van der Waals surface area contributed by atoms with Gasteiger partial charge in [-0.15, -0.1) is 0 Å². The summed E-state index contributed by atoms with van der Waals surface area (Å²) in [6, 6.07) is 1.74. The minimum atomic E-state index is -0.0454. The Morgan fingerprint density at radius 1 is 1.58 bits per heavy atom. The molecule has 1 aliphatic heterocycles. The molecule has 1 fully saturated rings. The van der Waals surface area contributed by atoms with Gasteiger partial charge in [0.25, 0.3) is 0 Å². The highest BCUT2D eigenvalue weighted by Crippen LogP contribution is 2.15. The van der Waals surface area contributed by atoms with Crippen molar-refractivity contribution in [1.29, 1.82) is 0 Å². The summed E-state index contributed by atoms with van der Waals surface area (Å²) in [5.41, 5.74) is 0.576. The van der Waals surface area contributed by atoms with E-state index in [2.05, 4.69) is 10.3 Å². The molecule has 2 heterocycles. The van der Waals surface area contributed by atoms with E-state index in [-0.39, 0.29) is 18.0 Å². The van der Waals surface area contributed by atoms with Crippen molar-refractivity contribution >= 4 is 5.78 Å². The molecule has 104 valence electrons. The molecular formula is C14H20N2O3. The number of ether oxygens (including phenoxy) is 2. The van der Waals surface area contributed by atoms with Gasteiger partial charge in [0.1, 0.15) is 5.75 Å². The molecule has 0 spiro atoms. The molecule has 1 unspecified atom stereocenters. The molecule has 19 heavy (non-hydrogen) atoms. The third-order valence-corrected chi connectivity index (χ3v) is 2.82. The normalized spacial score (nSPS) is 19.4. The Morgan fingerprint density at radius 3 is 3.11 bits per heavy atom. The average Bonchev–Trinajstić information content (AvgIpc) is 2.39. The van der Waals surface area contributed by atoms with Crippen LogP contribution in [0.2, 0.25) is 0 Å². The maximum atomic E-state index is 12.1. The first kappa shape index (κ1) is 14.0. The first-order valence-corrected chi connectivity index (χ1v) is 6.62. The quantitative estimate of drug-likeness (QED) is 0.815. The van der Waals surface area contributed by atoms with Crippen molar-refractivity contribution in [3.05, 3.63) is 24.0 Å². The van der Waals surface area contributed by atoms with Gasteiger partial charge >= 0.3 is 0 Å². The van der Waals surface area contributed by atoms with Crippen LogP contribution >= 0.6 is 0 Å². The second kappa shape index (κ2) is 6.63. The van der Waals surface area contributed by atoms with Gasteiger partial charge in [0.2, 0.25) is 0 Å². The molecular weight excluding hydrogens is 244 g/mol. The van der Waals surface area contributed by atoms with Crippen LogP contribution in [-0.2, 0) is 4.74 Å². The highest BCUT2D eigenvalue weighted by Gasteiger charge is 2.19. The van der Waals surface area contributed by atoms with E-state index in [4.69, 9.17) is 9.47 Å². The number of carbonyl (C=O) groups excluding carboxylic acids is 1. The Kier molecular flexibility index (Phi) is 4.87. The van der Waals surface area contributed by atoms with Gasteiger partial charge in [-0.05, 0) is 19.9 Å². The number of nitrogens with one attached hydrogen (secondary N) is 1. The van der Waals surface area contributed by atoms with E-state index in [0.717, 1.165) is 13.1 Å². The van der Waals surface area contributed by atoms with E-state index in [9.17, 15) is 4.79 Å². The summed E-state index contributed by atoms with van der Waals surface area (Å²) in [5.74, 6) is 0.666. The molecule has 1 aliphatic rings. The molecule has 1 N–H and O–H groups in total. The summed E-state index contributed by atoms with van der Waals surface area (Å²) < 4.78 is 11.1. The van der Waals surface area contributed by atoms with Crippen LogP contribution in [0.25, 0.3) is 0 Å². The van der Waals surface area contributed by atoms with E-state index < -0.39 is 0 Å². The standard InChI is InChI=1S/C14H20N2O3/c1-10(2)19-13-5-11(7-16-9-13)14(17)6-12-8-15-3-4-18-12/h5,7,9-10,12,15H,3-4,6,8H2,1-2H3. The van der Waals surface area contributed by atoms with Gasteiger partial charge in [-0.3, -0.25) is 9.78 Å². The van der Waals surface area contributed by atoms with Crippen LogP contribution in [0.3, 0.4) is 0 Å². The zero-order valence-corrected chi connectivity index (χ0v) is 11.4. The Bertz CT molecular complexity index is 428. The number of aromatic nitrogens is 1. The van der Waals surface area contributed by atoms with Crippen LogP contribution in [0.4, 0.5) is 0 Å². The Hall–Kier alpha value is -1.46. The van der Waals surface area contributed by atoms with E-state index in [1.807, 2.05) is 13.8 Å². The van der Waals surface area contributed by atoms with E-state index >= 15 is 0 Å². The summed E-state index contributed by atoms with van der Waals surface area (Å²) in [4.78, 5) is 16.2. The Morgan fingerprint density at radius 2 is 2.42 bits per heavy atom. The van der Waals surface area contributed by atoms with Crippen LogP contribution in [0, 0.1) is 0 Å². The minimum Gasteiger partial charge on any atom is -0.489 e. The lowest BCUT2D eigenvalue weighted by Crippen LogP contribution is -2.39. The monoisotopic (exact) mass is 264 g/mol. The van der Waals surface area contributed by atoms with Crippen molar-refractivity contribution in [2.45, 2.75) is 32.5 Å². The van der Waals surface area contributed by atoms with Gasteiger partial charge in [-0.2, -0.15) is 0 Å². The number of nitrogens with zero attached hydrogens (tertiary/aromatic N) is 1. The highest BCUT2D eigenvalue weighted by atomic mass is 16.5. The SMILES string of the molecule is CC(C)Oc1cncc(C(=O)CC2CNCCO2)c1. The van der Waals surface area contributed by atoms with E-state index in [1.165, 1.54) is 0 Å². The number of rotatable bonds is 5. The summed E-state index contributed by atoms with van der Waals surface area (Å²) >= 11 is 0. The van der Waals surface area contributed by atoms with Crippen LogP contribution < -0.4 is 10.1 Å². The largest absolute Gasteiger partial charge is 0.489 e. The van der Waals surface area contributed by atoms with Gasteiger partial charge in [0, 0.05) is 31.3 Å². The summed E-state index contributed by atoms with van der Waals surface area (Å²) in [7, 11) is 0. The van der Waals surface area contributed by atoms with Crippen LogP contribution in [-0.4, -0.2) is 42.7 Å². The lowest BCUT2D eigenvalue weighted by Gasteiger charge is -2.22. The molecule has 0 radical (unpaired) electrons. The lowest BCUT2D eigenvalue weighted by atomic mass is 10.1. The van der Waals surface area contributed by atoms with E-state index in [0.29, 0.717) is 24.3 Å². The highest BCUT2D eigenvalue weighted by molar-refractivity contribution is 5.96. The average molecular weight is 264 g/mol. The zero-order valence-electron chi connectivity index (χ0n) is 11.4. The summed E-state index contributed by atoms with van der Waals surface area (Å²) in [6.07, 6.45) is 3.59. The first-order valence-electron chi connectivity index (χ1n) is 6.62. The number of morpholine rings is 1. The molecule has 1 aromatic heterocycles. The van der Waals surface area contributed by atoms with Crippen molar-refractivity contribution in [2.75, 3.05) is 19.7 Å². The molecule has 5 nitrogen and oxygen atoms in total. The molecule has 0 aromatic carbocycles. The molecule has 0 bridgehead atoms. The fraction of sp³-hybridized carbons (Fsp3) is 0.571. The smallest absolute Gasteiger partial charge is 0.167 e. The Labute approximate surface area is 113 Å². The fourth-order valence-corrected chi connectivity index (χ4v) is 1.98. The predicted molar refractivity (Wildman–Crippen MR) is 71.6 cm³/mol. The number of hydrogen-bond acceptors (Lipinski definition) is 5. The number of Topliss-reactive ketones (excluding diaryl/α,β-unsaturated/α-hetero) is 1. The molecule has 5 heteroatoms. The molecule has 0 amide bonds. The Balaban J connectivity index is 1.97. The second-order valence-electron chi connectivity index (χ2n) is 4.90. The van der Waals surface area contributed by atoms with Gasteiger partial charge in [-0.25, -0.2) is 0 Å². The molecule has 1 saturated heterocycles. The van der Waals surface area contributed by atoms with Gasteiger partial charge in [0.05, 0.1) is 25.0 Å². The van der Waals surface area contributed by atoms with Crippen LogP contribution in [0.15, 0.2) is 18.5 Å². The molecule has 0 saturated carbocycles. The van der Waals surface area contributed by atoms with Crippen LogP contribution in [0.1, 0.15) is 30.6 Å². The zero-order chi connectivity index (χ0) is 13.7. The lowest BCUT2D eigenvalue weighted by molar-refractivity contribution is 0.0240. The van der Waals surface area contributed by atoms with E-state index in [1.54, 1.807) is 18.5 Å². The second-order valence-corrected chi connectivity index (χ2v) is 4.90. The molecule has 1 aromatic rings. The molecule has 1 atom stereocenters. The fourth-order valence-electron chi connectivity index (χ4n) is 1.98. The van der Waals surface area contributed by atoms with Crippen LogP contribution in [0.5, 0.6) is 5.75 Å². The topological polar surface area (TPSA) is 60.5 Å². The van der Waals surface area contributed by atoms with Gasteiger partial charge < -0.3 is 14.8 Å². The van der Waals surface area contributed by atoms with Crippen molar-refractivity contribution < 1.29 is 14.3 Å². The van der Waals surface area contributed by atoms with Crippen molar-refractivity contribution in [2.24, 2.45) is 0 Å². The number of pyridine rings is 1. The number of hydrogen-bond donors (Lipinski definition) is 1. The predicted octanol–water partition coefficient (Wildman–Crippen LogP) is 1.43. The summed E-state index contributed by atoms with van der Waals surface area (Å²) in [6.45, 7) is 6.12. The van der Waals surface area contributed by atoms with Gasteiger partial charge in [0.15, 0.2) is 5.78 Å². The first-order chi connectivity index (χ1) is 9.15. The minimum absolute atomic E-state index is 0.0374. The third-order valence-electron chi connectivity index (χ3n) is 2.82. The maximum absolute atomic E-state index is 12.1. The van der Waals surface area contributed by atoms with Crippen molar-refractivity contribution in [1.82, 2.24) is 10.3 Å². The molecule has 2 rings (SSSR count). The number of carbonyl (C=O) groups is 1. The van der Waals surface area contributed by atoms with Crippen molar-refractivity contribution in [3.8, 4) is 5.75 Å². The number of ketones is 1. The van der Waals surface area contributed by atoms with Gasteiger partial charge in [-0.1, -0.05) is 0 Å². The molecule has 0 aliphatic carbocycles. The summed E-state index contributed by atoms with van der Waals surface area (Å²) in [5, 5.41) is 3.21. The maximum Gasteiger partial charge on any atom is 0.167 e. The third kappa shape index (κ3) is 4.29. The van der Waals surface area contributed by atoms with Crippen molar-refractivity contribution in [3.63, 3.8) is 0 Å².